The van der Waals surface area contributed by atoms with Gasteiger partial charge in [-0.05, 0) is 26.8 Å². The zero-order chi connectivity index (χ0) is 14.3. The summed E-state index contributed by atoms with van der Waals surface area (Å²) in [6.45, 7) is 6.60. The molecule has 0 atom stereocenters. The van der Waals surface area contributed by atoms with Crippen molar-refractivity contribution in [2.45, 2.75) is 33.2 Å². The topological polar surface area (TPSA) is 53.4 Å². The van der Waals surface area contributed by atoms with Gasteiger partial charge in [-0.15, -0.1) is 0 Å². The second-order valence-electron chi connectivity index (χ2n) is 4.38. The van der Waals surface area contributed by atoms with Gasteiger partial charge in [0.1, 0.15) is 0 Å². The highest BCUT2D eigenvalue weighted by molar-refractivity contribution is 5.96. The van der Waals surface area contributed by atoms with Crippen LogP contribution in [0, 0.1) is 11.8 Å². The number of carbonyl (C=O) groups is 1. The van der Waals surface area contributed by atoms with E-state index in [1.807, 2.05) is 20.8 Å². The Labute approximate surface area is 114 Å². The van der Waals surface area contributed by atoms with Gasteiger partial charge >= 0.3 is 0 Å². The average Bonchev–Trinajstić information content (AvgIpc) is 2.40. The zero-order valence-electron chi connectivity index (χ0n) is 11.7. The molecule has 1 N–H and O–H groups in total. The smallest absolute Gasteiger partial charge is 0.255 e. The molecule has 0 aromatic carbocycles. The molecule has 4 heteroatoms. The zero-order valence-corrected chi connectivity index (χ0v) is 11.7. The minimum absolute atomic E-state index is 0.0175. The van der Waals surface area contributed by atoms with E-state index in [1.165, 1.54) is 0 Å². The van der Waals surface area contributed by atoms with Gasteiger partial charge in [0, 0.05) is 31.4 Å². The molecule has 1 heterocycles. The first-order valence-electron chi connectivity index (χ1n) is 6.46. The molecule has 0 saturated heterocycles. The highest BCUT2D eigenvalue weighted by Crippen LogP contribution is 2.11. The van der Waals surface area contributed by atoms with Crippen LogP contribution in [0.25, 0.3) is 0 Å². The first-order chi connectivity index (χ1) is 9.11. The van der Waals surface area contributed by atoms with E-state index in [4.69, 9.17) is 5.11 Å². The van der Waals surface area contributed by atoms with Gasteiger partial charge in [0.15, 0.2) is 0 Å². The van der Waals surface area contributed by atoms with Crippen molar-refractivity contribution in [2.75, 3.05) is 13.2 Å². The average molecular weight is 260 g/mol. The van der Waals surface area contributed by atoms with Crippen molar-refractivity contribution < 1.29 is 9.90 Å². The van der Waals surface area contributed by atoms with Gasteiger partial charge in [0.25, 0.3) is 5.91 Å². The largest absolute Gasteiger partial charge is 0.395 e. The van der Waals surface area contributed by atoms with E-state index in [0.717, 1.165) is 0 Å². The molecule has 0 spiro atoms. The van der Waals surface area contributed by atoms with Crippen LogP contribution in [0.5, 0.6) is 0 Å². The number of carbonyl (C=O) groups excluding carboxylic acids is 1. The maximum absolute atomic E-state index is 12.5. The summed E-state index contributed by atoms with van der Waals surface area (Å²) >= 11 is 0. The van der Waals surface area contributed by atoms with Crippen molar-refractivity contribution >= 4 is 5.91 Å². The lowest BCUT2D eigenvalue weighted by molar-refractivity contribution is 0.0716. The van der Waals surface area contributed by atoms with E-state index < -0.39 is 0 Å². The van der Waals surface area contributed by atoms with Crippen LogP contribution in [0.4, 0.5) is 0 Å². The first-order valence-corrected chi connectivity index (χ1v) is 6.46. The normalized spacial score (nSPS) is 9.95. The van der Waals surface area contributed by atoms with Gasteiger partial charge in [0.05, 0.1) is 17.7 Å². The number of aliphatic hydroxyl groups excluding tert-OH is 1. The van der Waals surface area contributed by atoms with Crippen molar-refractivity contribution in [3.63, 3.8) is 0 Å². The summed E-state index contributed by atoms with van der Waals surface area (Å²) in [4.78, 5) is 18.2. The molecule has 0 saturated carbocycles. The molecule has 0 aliphatic heterocycles. The van der Waals surface area contributed by atoms with Gasteiger partial charge < -0.3 is 10.0 Å². The third-order valence-corrected chi connectivity index (χ3v) is 2.74. The Morgan fingerprint density at radius 3 is 2.84 bits per heavy atom. The van der Waals surface area contributed by atoms with Crippen LogP contribution in [-0.4, -0.2) is 40.1 Å². The standard InChI is InChI=1S/C15H20N2O2/c1-4-17(12(2)3)15(19)14-8-9-16-11-13(14)7-5-6-10-18/h8-9,11-12,18H,4,6,10H2,1-3H3. The Morgan fingerprint density at radius 2 is 2.26 bits per heavy atom. The number of hydrogen-bond donors (Lipinski definition) is 1. The molecule has 19 heavy (non-hydrogen) atoms. The molecule has 0 radical (unpaired) electrons. The predicted octanol–water partition coefficient (Wildman–Crippen LogP) is 1.69. The Balaban J connectivity index is 3.07. The van der Waals surface area contributed by atoms with Crippen LogP contribution in [0.3, 0.4) is 0 Å². The molecule has 1 aromatic rings. The number of rotatable bonds is 4. The Bertz CT molecular complexity index is 486. The van der Waals surface area contributed by atoms with Crippen molar-refractivity contribution in [1.82, 2.24) is 9.88 Å². The molecule has 0 bridgehead atoms. The van der Waals surface area contributed by atoms with Gasteiger partial charge in [0.2, 0.25) is 0 Å². The first kappa shape index (κ1) is 15.2. The molecule has 102 valence electrons. The molecular weight excluding hydrogens is 240 g/mol. The molecule has 0 aliphatic carbocycles. The van der Waals surface area contributed by atoms with Gasteiger partial charge in [-0.3, -0.25) is 9.78 Å². The van der Waals surface area contributed by atoms with E-state index in [2.05, 4.69) is 16.8 Å². The lowest BCUT2D eigenvalue weighted by Crippen LogP contribution is -2.37. The molecule has 1 rings (SSSR count). The SMILES string of the molecule is CCN(C(=O)c1ccncc1C#CCCO)C(C)C. The minimum atomic E-state index is -0.0341. The number of aromatic nitrogens is 1. The van der Waals surface area contributed by atoms with Crippen LogP contribution in [0.15, 0.2) is 18.5 Å². The molecule has 1 aromatic heterocycles. The summed E-state index contributed by atoms with van der Waals surface area (Å²) in [5.41, 5.74) is 1.18. The number of pyridine rings is 1. The number of aliphatic hydroxyl groups is 1. The van der Waals surface area contributed by atoms with Crippen LogP contribution in [0.1, 0.15) is 43.1 Å². The predicted molar refractivity (Wildman–Crippen MR) is 74.7 cm³/mol. The lowest BCUT2D eigenvalue weighted by Gasteiger charge is -2.25. The molecule has 0 aliphatic rings. The molecule has 4 nitrogen and oxygen atoms in total. The third-order valence-electron chi connectivity index (χ3n) is 2.74. The molecule has 0 unspecified atom stereocenters. The fourth-order valence-corrected chi connectivity index (χ4v) is 1.79. The summed E-state index contributed by atoms with van der Waals surface area (Å²) in [5.74, 6) is 5.68. The van der Waals surface area contributed by atoms with Crippen molar-refractivity contribution in [3.05, 3.63) is 29.6 Å². The van der Waals surface area contributed by atoms with Gasteiger partial charge in [-0.2, -0.15) is 0 Å². The van der Waals surface area contributed by atoms with Crippen molar-refractivity contribution in [2.24, 2.45) is 0 Å². The molecule has 0 fully saturated rings. The van der Waals surface area contributed by atoms with E-state index >= 15 is 0 Å². The van der Waals surface area contributed by atoms with Crippen LogP contribution in [0.2, 0.25) is 0 Å². The van der Waals surface area contributed by atoms with Crippen molar-refractivity contribution in [3.8, 4) is 11.8 Å². The van der Waals surface area contributed by atoms with Crippen LogP contribution >= 0.6 is 0 Å². The maximum atomic E-state index is 12.5. The number of amides is 1. The van der Waals surface area contributed by atoms with E-state index in [9.17, 15) is 4.79 Å². The van der Waals surface area contributed by atoms with Crippen molar-refractivity contribution in [1.29, 1.82) is 0 Å². The Hall–Kier alpha value is -1.86. The summed E-state index contributed by atoms with van der Waals surface area (Å²) in [6, 6.07) is 1.83. The minimum Gasteiger partial charge on any atom is -0.395 e. The summed E-state index contributed by atoms with van der Waals surface area (Å²) in [6.07, 6.45) is 3.58. The summed E-state index contributed by atoms with van der Waals surface area (Å²) in [5, 5.41) is 8.73. The molecule has 1 amide bonds. The van der Waals surface area contributed by atoms with E-state index in [1.54, 1.807) is 23.4 Å². The van der Waals surface area contributed by atoms with E-state index in [0.29, 0.717) is 24.1 Å². The van der Waals surface area contributed by atoms with Gasteiger partial charge in [-0.25, -0.2) is 0 Å². The summed E-state index contributed by atoms with van der Waals surface area (Å²) in [7, 11) is 0. The lowest BCUT2D eigenvalue weighted by atomic mass is 10.1. The molecular formula is C15H20N2O2. The number of hydrogen-bond acceptors (Lipinski definition) is 3. The Kier molecular flexibility index (Phi) is 6.04. The fourth-order valence-electron chi connectivity index (χ4n) is 1.79. The highest BCUT2D eigenvalue weighted by atomic mass is 16.2. The van der Waals surface area contributed by atoms with Crippen LogP contribution in [-0.2, 0) is 0 Å². The monoisotopic (exact) mass is 260 g/mol. The highest BCUT2D eigenvalue weighted by Gasteiger charge is 2.19. The maximum Gasteiger partial charge on any atom is 0.255 e. The summed E-state index contributed by atoms with van der Waals surface area (Å²) < 4.78 is 0. The number of nitrogens with zero attached hydrogens (tertiary/aromatic N) is 2. The fraction of sp³-hybridized carbons (Fsp3) is 0.467. The second kappa shape index (κ2) is 7.55. The third kappa shape index (κ3) is 4.08. The quantitative estimate of drug-likeness (QED) is 0.838. The van der Waals surface area contributed by atoms with E-state index in [-0.39, 0.29) is 18.6 Å². The van der Waals surface area contributed by atoms with Crippen LogP contribution < -0.4 is 0 Å². The Morgan fingerprint density at radius 1 is 1.53 bits per heavy atom. The second-order valence-corrected chi connectivity index (χ2v) is 4.38. The van der Waals surface area contributed by atoms with Gasteiger partial charge in [-0.1, -0.05) is 11.8 Å².